The van der Waals surface area contributed by atoms with Gasteiger partial charge in [-0.2, -0.15) is 13.2 Å². The molecule has 5 rings (SSSR count). The average Bonchev–Trinajstić information content (AvgIpc) is 3.48. The number of benzene rings is 2. The highest BCUT2D eigenvalue weighted by Gasteiger charge is 2.31. The van der Waals surface area contributed by atoms with Gasteiger partial charge in [-0.25, -0.2) is 4.98 Å². The van der Waals surface area contributed by atoms with E-state index in [0.29, 0.717) is 70.2 Å². The fraction of sp³-hybridized carbons (Fsp3) is 0.303. The van der Waals surface area contributed by atoms with Crippen molar-refractivity contribution in [1.29, 1.82) is 0 Å². The predicted molar refractivity (Wildman–Crippen MR) is 172 cm³/mol. The van der Waals surface area contributed by atoms with Gasteiger partial charge in [0.2, 0.25) is 0 Å². The number of nitrogens with one attached hydrogen (secondary N) is 1. The Morgan fingerprint density at radius 1 is 1.18 bits per heavy atom. The molecular weight excluding hydrogens is 625 g/mol. The van der Waals surface area contributed by atoms with Crippen molar-refractivity contribution < 1.29 is 22.7 Å². The molecule has 1 aliphatic heterocycles. The molecule has 1 N–H and O–H groups in total. The average molecular weight is 657 g/mol. The van der Waals surface area contributed by atoms with Gasteiger partial charge < -0.3 is 15.0 Å². The summed E-state index contributed by atoms with van der Waals surface area (Å²) in [7, 11) is 0. The number of pyridine rings is 1. The molecule has 2 aromatic heterocycles. The molecule has 0 spiro atoms. The lowest BCUT2D eigenvalue weighted by Gasteiger charge is -2.32. The Bertz CT molecular complexity index is 1810. The number of hydrogen-bond donors (Lipinski definition) is 1. The summed E-state index contributed by atoms with van der Waals surface area (Å²) in [6.07, 6.45) is -2.67. The van der Waals surface area contributed by atoms with Gasteiger partial charge in [-0.05, 0) is 70.2 Å². The zero-order valence-corrected chi connectivity index (χ0v) is 26.7. The van der Waals surface area contributed by atoms with Crippen molar-refractivity contribution in [2.45, 2.75) is 39.9 Å². The summed E-state index contributed by atoms with van der Waals surface area (Å²) in [4.78, 5) is 35.1. The summed E-state index contributed by atoms with van der Waals surface area (Å²) in [6.45, 7) is 9.51. The monoisotopic (exact) mass is 656 g/mol. The minimum absolute atomic E-state index is 0.0859. The van der Waals surface area contributed by atoms with Crippen LogP contribution < -0.4 is 15.6 Å². The number of allylic oxidation sites excluding steroid dienone is 1. The van der Waals surface area contributed by atoms with Gasteiger partial charge in [0.25, 0.3) is 11.5 Å². The molecule has 1 saturated heterocycles. The number of carbonyl (C=O) groups is 1. The zero-order chi connectivity index (χ0) is 32.5. The number of ether oxygens (including phenoxy) is 1. The maximum absolute atomic E-state index is 14.5. The van der Waals surface area contributed by atoms with Gasteiger partial charge in [-0.1, -0.05) is 29.3 Å². The predicted octanol–water partition coefficient (Wildman–Crippen LogP) is 7.56. The van der Waals surface area contributed by atoms with Crippen LogP contribution in [0.15, 0.2) is 64.3 Å². The molecule has 0 bridgehead atoms. The van der Waals surface area contributed by atoms with Crippen molar-refractivity contribution in [2.24, 2.45) is 0 Å². The van der Waals surface area contributed by atoms with Gasteiger partial charge >= 0.3 is 6.18 Å². The molecule has 0 aliphatic carbocycles. The minimum Gasteiger partial charge on any atom is -0.492 e. The van der Waals surface area contributed by atoms with Crippen molar-refractivity contribution >= 4 is 34.9 Å². The van der Waals surface area contributed by atoms with Crippen molar-refractivity contribution in [3.63, 3.8) is 0 Å². The summed E-state index contributed by atoms with van der Waals surface area (Å²) in [6, 6.07) is 11.3. The highest BCUT2D eigenvalue weighted by molar-refractivity contribution is 7.13. The van der Waals surface area contributed by atoms with Crippen LogP contribution in [0.4, 0.5) is 13.2 Å². The van der Waals surface area contributed by atoms with E-state index in [-0.39, 0.29) is 17.5 Å². The number of hydrogen-bond acceptors (Lipinski definition) is 6. The Morgan fingerprint density at radius 2 is 1.91 bits per heavy atom. The first-order valence-electron chi connectivity index (χ1n) is 14.4. The van der Waals surface area contributed by atoms with Crippen LogP contribution in [-0.4, -0.2) is 52.6 Å². The van der Waals surface area contributed by atoms with E-state index in [2.05, 4.69) is 10.3 Å². The minimum atomic E-state index is -4.46. The van der Waals surface area contributed by atoms with Gasteiger partial charge in [-0.3, -0.25) is 14.2 Å². The Balaban J connectivity index is 1.75. The summed E-state index contributed by atoms with van der Waals surface area (Å²) in [5, 5.41) is 5.71. The molecule has 1 aliphatic rings. The molecule has 45 heavy (non-hydrogen) atoms. The van der Waals surface area contributed by atoms with E-state index in [1.54, 1.807) is 40.6 Å². The third kappa shape index (κ3) is 7.00. The molecule has 0 radical (unpaired) electrons. The quantitative estimate of drug-likeness (QED) is 0.222. The summed E-state index contributed by atoms with van der Waals surface area (Å²) < 4.78 is 46.7. The fourth-order valence-corrected chi connectivity index (χ4v) is 6.20. The number of alkyl halides is 3. The first-order chi connectivity index (χ1) is 21.4. The fourth-order valence-electron chi connectivity index (χ4n) is 5.20. The van der Waals surface area contributed by atoms with Gasteiger partial charge in [0.1, 0.15) is 10.8 Å². The van der Waals surface area contributed by atoms with E-state index in [0.717, 1.165) is 29.0 Å². The first-order valence-corrected chi connectivity index (χ1v) is 15.7. The number of halogens is 4. The molecular formula is C33H32ClF3N4O3S. The highest BCUT2D eigenvalue weighted by atomic mass is 35.5. The third-order valence-electron chi connectivity index (χ3n) is 7.26. The summed E-state index contributed by atoms with van der Waals surface area (Å²) in [5.74, 6) is 0.161. The molecule has 4 aromatic rings. The number of aromatic nitrogens is 2. The largest absolute Gasteiger partial charge is 0.492 e. The van der Waals surface area contributed by atoms with Gasteiger partial charge in [0, 0.05) is 41.6 Å². The summed E-state index contributed by atoms with van der Waals surface area (Å²) in [5.41, 5.74) is 1.72. The Kier molecular flexibility index (Phi) is 9.52. The molecule has 2 aromatic carbocycles. The summed E-state index contributed by atoms with van der Waals surface area (Å²) >= 11 is 7.60. The van der Waals surface area contributed by atoms with E-state index in [1.807, 2.05) is 27.7 Å². The van der Waals surface area contributed by atoms with Gasteiger partial charge in [0.05, 0.1) is 40.4 Å². The Hall–Kier alpha value is -3.93. The number of nitrogens with zero attached hydrogens (tertiary/aromatic N) is 3. The smallest absolute Gasteiger partial charge is 0.416 e. The first kappa shape index (κ1) is 32.5. The van der Waals surface area contributed by atoms with Crippen LogP contribution in [0, 0.1) is 0 Å². The zero-order valence-electron chi connectivity index (χ0n) is 25.2. The SMILES string of the molecule is CCOc1ccc(Cl)cc1-n1c(C=C(C)C)c(C(=O)N2CCN[C@@H](C)C2)cc(-c2nc(-c3ccc(C(F)(F)F)cc3)cs2)c1=O. The standard InChI is InChI=1S/C33H32ClF3N4O3S/c1-5-44-29-11-10-23(34)15-28(29)41-27(14-19(2)3)24(31(42)40-13-12-38-20(4)17-40)16-25(32(41)43)30-39-26(18-45-30)21-6-8-22(9-7-21)33(35,36)37/h6-11,14-16,18,20,38H,5,12-13,17H2,1-4H3/t20-/m0/s1. The van der Waals surface area contributed by atoms with Crippen LogP contribution in [0.1, 0.15) is 49.3 Å². The number of thiazole rings is 1. The second-order valence-corrected chi connectivity index (χ2v) is 12.3. The Labute approximate surface area is 267 Å². The molecule has 1 atom stereocenters. The van der Waals surface area contributed by atoms with E-state index >= 15 is 0 Å². The van der Waals surface area contributed by atoms with E-state index in [4.69, 9.17) is 16.3 Å². The topological polar surface area (TPSA) is 76.5 Å². The molecule has 1 amide bonds. The maximum Gasteiger partial charge on any atom is 0.416 e. The van der Waals surface area contributed by atoms with Crippen LogP contribution in [0.3, 0.4) is 0 Å². The molecule has 0 saturated carbocycles. The normalized spacial score (nSPS) is 15.2. The van der Waals surface area contributed by atoms with Gasteiger partial charge in [-0.15, -0.1) is 11.3 Å². The van der Waals surface area contributed by atoms with E-state index in [9.17, 15) is 22.8 Å². The highest BCUT2D eigenvalue weighted by Crippen LogP contribution is 2.35. The number of carbonyl (C=O) groups excluding carboxylic acids is 1. The van der Waals surface area contributed by atoms with Crippen molar-refractivity contribution in [1.82, 2.24) is 19.8 Å². The number of piperazine rings is 1. The molecule has 1 fully saturated rings. The second-order valence-electron chi connectivity index (χ2n) is 11.0. The molecule has 7 nitrogen and oxygen atoms in total. The van der Waals surface area contributed by atoms with Crippen LogP contribution in [0.5, 0.6) is 5.75 Å². The molecule has 0 unspecified atom stereocenters. The molecule has 3 heterocycles. The van der Waals surface area contributed by atoms with E-state index in [1.165, 1.54) is 16.7 Å². The number of amides is 1. The van der Waals surface area contributed by atoms with Crippen LogP contribution in [0.2, 0.25) is 5.02 Å². The van der Waals surface area contributed by atoms with Gasteiger partial charge in [0.15, 0.2) is 0 Å². The third-order valence-corrected chi connectivity index (χ3v) is 8.37. The van der Waals surface area contributed by atoms with Crippen LogP contribution >= 0.6 is 22.9 Å². The second kappa shape index (κ2) is 13.2. The lowest BCUT2D eigenvalue weighted by Crippen LogP contribution is -2.51. The molecule has 12 heteroatoms. The van der Waals surface area contributed by atoms with Crippen LogP contribution in [0.25, 0.3) is 33.6 Å². The van der Waals surface area contributed by atoms with Crippen molar-refractivity contribution in [2.75, 3.05) is 26.2 Å². The maximum atomic E-state index is 14.5. The van der Waals surface area contributed by atoms with Crippen LogP contribution in [-0.2, 0) is 6.18 Å². The van der Waals surface area contributed by atoms with Crippen molar-refractivity contribution in [3.8, 4) is 33.3 Å². The lowest BCUT2D eigenvalue weighted by atomic mass is 10.0. The Morgan fingerprint density at radius 3 is 2.56 bits per heavy atom. The number of rotatable bonds is 7. The van der Waals surface area contributed by atoms with E-state index < -0.39 is 17.3 Å². The van der Waals surface area contributed by atoms with Crippen molar-refractivity contribution in [3.05, 3.63) is 91.7 Å². The molecule has 236 valence electrons. The lowest BCUT2D eigenvalue weighted by molar-refractivity contribution is -0.137.